The van der Waals surface area contributed by atoms with Crippen LogP contribution in [-0.2, 0) is 0 Å². The van der Waals surface area contributed by atoms with Crippen LogP contribution in [0, 0.1) is 0 Å². The van der Waals surface area contributed by atoms with Crippen molar-refractivity contribution in [1.82, 2.24) is 4.90 Å². The Morgan fingerprint density at radius 3 is 2.76 bits per heavy atom. The second kappa shape index (κ2) is 7.70. The summed E-state index contributed by atoms with van der Waals surface area (Å²) in [5.74, 6) is 0.159. The number of alkyl halides is 3. The monoisotopic (exact) mass is 387 g/mol. The molecule has 0 spiro atoms. The highest BCUT2D eigenvalue weighted by Crippen LogP contribution is 2.37. The van der Waals surface area contributed by atoms with E-state index in [4.69, 9.17) is 0 Å². The molecule has 1 fully saturated rings. The molecule has 1 aliphatic rings. The van der Waals surface area contributed by atoms with E-state index in [1.165, 1.54) is 23.1 Å². The van der Waals surface area contributed by atoms with Crippen LogP contribution in [0.15, 0.2) is 41.8 Å². The summed E-state index contributed by atoms with van der Waals surface area (Å²) in [5, 5.41) is 2.40. The molecule has 2 aromatic rings. The van der Waals surface area contributed by atoms with Gasteiger partial charge in [0.1, 0.15) is 5.75 Å². The Balaban J connectivity index is 1.68. The molecule has 3 nitrogen and oxygen atoms in total. The van der Waals surface area contributed by atoms with Crippen molar-refractivity contribution in [2.24, 2.45) is 0 Å². The van der Waals surface area contributed by atoms with E-state index < -0.39 is 6.36 Å². The number of benzene rings is 1. The number of carbonyl (C=O) groups is 1. The van der Waals surface area contributed by atoms with Gasteiger partial charge in [0, 0.05) is 34.5 Å². The summed E-state index contributed by atoms with van der Waals surface area (Å²) in [6.45, 7) is 1.16. The number of hydrogen-bond acceptors (Lipinski definition) is 4. The molecular weight excluding hydrogens is 371 g/mol. The lowest BCUT2D eigenvalue weighted by Gasteiger charge is -2.20. The summed E-state index contributed by atoms with van der Waals surface area (Å²) < 4.78 is 40.9. The van der Waals surface area contributed by atoms with Crippen LogP contribution in [0.25, 0.3) is 0 Å². The van der Waals surface area contributed by atoms with Gasteiger partial charge in [-0.2, -0.15) is 11.8 Å². The van der Waals surface area contributed by atoms with Gasteiger partial charge in [0.15, 0.2) is 0 Å². The lowest BCUT2D eigenvalue weighted by atomic mass is 10.1. The van der Waals surface area contributed by atoms with Crippen LogP contribution < -0.4 is 4.74 Å². The van der Waals surface area contributed by atoms with Crippen molar-refractivity contribution < 1.29 is 22.7 Å². The normalized spacial score (nSPS) is 18.7. The van der Waals surface area contributed by atoms with Crippen LogP contribution in [0.4, 0.5) is 13.2 Å². The molecule has 134 valence electrons. The fraction of sp³-hybridized carbons (Fsp3) is 0.353. The molecular formula is C17H16F3NO2S2. The molecule has 1 saturated heterocycles. The number of thiophene rings is 1. The van der Waals surface area contributed by atoms with Crippen LogP contribution in [0.5, 0.6) is 5.75 Å². The van der Waals surface area contributed by atoms with Gasteiger partial charge in [0.05, 0.1) is 0 Å². The first-order valence-electron chi connectivity index (χ1n) is 7.72. The summed E-state index contributed by atoms with van der Waals surface area (Å²) in [4.78, 5) is 15.6. The summed E-state index contributed by atoms with van der Waals surface area (Å²) in [6, 6.07) is 9.36. The molecule has 1 aliphatic heterocycles. The van der Waals surface area contributed by atoms with Gasteiger partial charge in [-0.05, 0) is 36.1 Å². The van der Waals surface area contributed by atoms with Crippen LogP contribution >= 0.6 is 23.1 Å². The smallest absolute Gasteiger partial charge is 0.406 e. The number of rotatable bonds is 3. The maximum atomic E-state index is 12.6. The molecule has 0 N–H and O–H groups in total. The molecule has 8 heteroatoms. The minimum Gasteiger partial charge on any atom is -0.406 e. The lowest BCUT2D eigenvalue weighted by molar-refractivity contribution is -0.274. The first-order chi connectivity index (χ1) is 11.9. The molecule has 1 aromatic carbocycles. The van der Waals surface area contributed by atoms with Gasteiger partial charge in [-0.15, -0.1) is 24.5 Å². The minimum absolute atomic E-state index is 0.210. The van der Waals surface area contributed by atoms with Crippen molar-refractivity contribution in [1.29, 1.82) is 0 Å². The Morgan fingerprint density at radius 1 is 1.20 bits per heavy atom. The Kier molecular flexibility index (Phi) is 5.58. The van der Waals surface area contributed by atoms with Crippen molar-refractivity contribution in [3.63, 3.8) is 0 Å². The van der Waals surface area contributed by atoms with E-state index in [2.05, 4.69) is 10.8 Å². The van der Waals surface area contributed by atoms with Gasteiger partial charge in [-0.1, -0.05) is 12.1 Å². The van der Waals surface area contributed by atoms with Crippen LogP contribution in [-0.4, -0.2) is 36.0 Å². The van der Waals surface area contributed by atoms with Gasteiger partial charge in [-0.3, -0.25) is 4.79 Å². The number of carbonyl (C=O) groups excluding carboxylic acids is 1. The standard InChI is InChI=1S/C17H16F3NO2S2/c18-17(19,20)23-13-4-1-3-12(11-13)16(22)21-7-6-15(25-10-8-21)14-5-2-9-24-14/h1-5,9,11,15H,6-8,10H2. The zero-order valence-corrected chi connectivity index (χ0v) is 14.8. The van der Waals surface area contributed by atoms with E-state index in [1.807, 2.05) is 23.2 Å². The predicted octanol–water partition coefficient (Wildman–Crippen LogP) is 4.97. The number of thioether (sulfide) groups is 1. The first kappa shape index (κ1) is 18.1. The Morgan fingerprint density at radius 2 is 2.04 bits per heavy atom. The Bertz CT molecular complexity index is 719. The summed E-state index contributed by atoms with van der Waals surface area (Å²) in [7, 11) is 0. The average molecular weight is 387 g/mol. The summed E-state index contributed by atoms with van der Waals surface area (Å²) in [5.41, 5.74) is 0.210. The first-order valence-corrected chi connectivity index (χ1v) is 9.65. The molecule has 2 heterocycles. The second-order valence-corrected chi connectivity index (χ2v) is 7.82. The van der Waals surface area contributed by atoms with Gasteiger partial charge >= 0.3 is 6.36 Å². The van der Waals surface area contributed by atoms with Crippen molar-refractivity contribution in [2.45, 2.75) is 18.0 Å². The number of hydrogen-bond donors (Lipinski definition) is 0. The van der Waals surface area contributed by atoms with E-state index in [0.29, 0.717) is 18.3 Å². The van der Waals surface area contributed by atoms with Gasteiger partial charge in [0.25, 0.3) is 5.91 Å². The Labute approximate surface area is 151 Å². The number of ether oxygens (including phenoxy) is 1. The zero-order valence-electron chi connectivity index (χ0n) is 13.2. The van der Waals surface area contributed by atoms with E-state index >= 15 is 0 Å². The fourth-order valence-corrected chi connectivity index (χ4v) is 4.92. The molecule has 1 amide bonds. The highest BCUT2D eigenvalue weighted by molar-refractivity contribution is 7.99. The average Bonchev–Trinajstić information content (AvgIpc) is 2.98. The van der Waals surface area contributed by atoms with E-state index in [9.17, 15) is 18.0 Å². The van der Waals surface area contributed by atoms with E-state index in [0.717, 1.165) is 18.2 Å². The van der Waals surface area contributed by atoms with Gasteiger partial charge < -0.3 is 9.64 Å². The van der Waals surface area contributed by atoms with E-state index in [-0.39, 0.29) is 17.2 Å². The molecule has 1 unspecified atom stereocenters. The summed E-state index contributed by atoms with van der Waals surface area (Å²) >= 11 is 3.52. The van der Waals surface area contributed by atoms with Crippen LogP contribution in [0.2, 0.25) is 0 Å². The number of halogens is 3. The molecule has 0 aliphatic carbocycles. The third-order valence-corrected chi connectivity index (χ3v) is 6.25. The maximum absolute atomic E-state index is 12.6. The minimum atomic E-state index is -4.77. The third kappa shape index (κ3) is 4.92. The molecule has 3 rings (SSSR count). The largest absolute Gasteiger partial charge is 0.573 e. The topological polar surface area (TPSA) is 29.5 Å². The molecule has 0 saturated carbocycles. The van der Waals surface area contributed by atoms with Gasteiger partial charge in [-0.25, -0.2) is 0 Å². The second-order valence-electron chi connectivity index (χ2n) is 5.53. The lowest BCUT2D eigenvalue weighted by Crippen LogP contribution is -2.33. The molecule has 0 bridgehead atoms. The Hall–Kier alpha value is -1.67. The molecule has 25 heavy (non-hydrogen) atoms. The quantitative estimate of drug-likeness (QED) is 0.745. The predicted molar refractivity (Wildman–Crippen MR) is 93.2 cm³/mol. The van der Waals surface area contributed by atoms with E-state index in [1.54, 1.807) is 16.2 Å². The molecule has 1 aromatic heterocycles. The highest BCUT2D eigenvalue weighted by Gasteiger charge is 2.31. The summed E-state index contributed by atoms with van der Waals surface area (Å²) in [6.07, 6.45) is -3.94. The van der Waals surface area contributed by atoms with Crippen molar-refractivity contribution in [2.75, 3.05) is 18.8 Å². The molecule has 0 radical (unpaired) electrons. The van der Waals surface area contributed by atoms with Crippen LogP contribution in [0.1, 0.15) is 26.9 Å². The van der Waals surface area contributed by atoms with Crippen molar-refractivity contribution >= 4 is 29.0 Å². The fourth-order valence-electron chi connectivity index (χ4n) is 2.68. The third-order valence-electron chi connectivity index (χ3n) is 3.80. The van der Waals surface area contributed by atoms with Crippen LogP contribution in [0.3, 0.4) is 0 Å². The zero-order chi connectivity index (χ0) is 17.9. The highest BCUT2D eigenvalue weighted by atomic mass is 32.2. The SMILES string of the molecule is O=C(c1cccc(OC(F)(F)F)c1)N1CCSC(c2cccs2)CC1. The van der Waals surface area contributed by atoms with Gasteiger partial charge in [0.2, 0.25) is 0 Å². The van der Waals surface area contributed by atoms with Crippen molar-refractivity contribution in [3.8, 4) is 5.75 Å². The molecule has 1 atom stereocenters. The maximum Gasteiger partial charge on any atom is 0.573 e. The number of amides is 1. The number of nitrogens with zero attached hydrogens (tertiary/aromatic N) is 1. The van der Waals surface area contributed by atoms with Crippen molar-refractivity contribution in [3.05, 3.63) is 52.2 Å².